The molecule has 1 aromatic heterocycles. The zero-order valence-electron chi connectivity index (χ0n) is 19.6. The van der Waals surface area contributed by atoms with Gasteiger partial charge in [0.05, 0.1) is 6.04 Å². The van der Waals surface area contributed by atoms with Gasteiger partial charge < -0.3 is 15.5 Å². The van der Waals surface area contributed by atoms with Crippen molar-refractivity contribution in [3.05, 3.63) is 101 Å². The number of aryl methyl sites for hydroxylation is 2. The normalized spacial score (nSPS) is 16.7. The fraction of sp³-hybridized carbons (Fsp3) is 0.222. The zero-order chi connectivity index (χ0) is 24.2. The van der Waals surface area contributed by atoms with E-state index in [-0.39, 0.29) is 18.6 Å². The van der Waals surface area contributed by atoms with Crippen LogP contribution in [0, 0.1) is 6.92 Å². The van der Waals surface area contributed by atoms with Crippen molar-refractivity contribution in [3.8, 4) is 5.75 Å². The summed E-state index contributed by atoms with van der Waals surface area (Å²) in [5.74, 6) is 1.32. The van der Waals surface area contributed by atoms with E-state index in [1.165, 1.54) is 11.8 Å². The van der Waals surface area contributed by atoms with E-state index >= 15 is 0 Å². The van der Waals surface area contributed by atoms with Crippen LogP contribution in [0.5, 0.6) is 5.75 Å². The summed E-state index contributed by atoms with van der Waals surface area (Å²) in [6, 6.07) is 25.5. The molecule has 0 fully saturated rings. The van der Waals surface area contributed by atoms with Crippen LogP contribution in [0.15, 0.2) is 84.0 Å². The van der Waals surface area contributed by atoms with Gasteiger partial charge in [-0.3, -0.25) is 4.79 Å². The molecule has 1 aliphatic heterocycles. The number of hydrogen-bond acceptors (Lipinski definition) is 6. The smallest absolute Gasteiger partial charge is 0.240 e. The molecule has 0 unspecified atom stereocenters. The predicted octanol–water partition coefficient (Wildman–Crippen LogP) is 5.13. The van der Waals surface area contributed by atoms with Gasteiger partial charge in [0.1, 0.15) is 17.6 Å². The van der Waals surface area contributed by atoms with Gasteiger partial charge in [0.25, 0.3) is 0 Å². The number of nitrogens with zero attached hydrogens (tertiary/aromatic N) is 3. The minimum Gasteiger partial charge on any atom is -0.486 e. The minimum atomic E-state index is -0.442. The van der Waals surface area contributed by atoms with E-state index in [4.69, 9.17) is 4.74 Å². The first kappa shape index (κ1) is 23.0. The number of hydrogen-bond donors (Lipinski definition) is 2. The molecule has 8 heteroatoms. The molecule has 7 nitrogen and oxygen atoms in total. The molecule has 35 heavy (non-hydrogen) atoms. The predicted molar refractivity (Wildman–Crippen MR) is 138 cm³/mol. The van der Waals surface area contributed by atoms with Gasteiger partial charge in [-0.15, -0.1) is 10.2 Å². The largest absolute Gasteiger partial charge is 0.486 e. The third kappa shape index (κ3) is 5.02. The second kappa shape index (κ2) is 10.2. The quantitative estimate of drug-likeness (QED) is 0.378. The number of carbonyl (C=O) groups is 1. The number of aromatic nitrogens is 3. The fourth-order valence-corrected chi connectivity index (χ4v) is 5.13. The lowest BCUT2D eigenvalue weighted by Gasteiger charge is -2.33. The monoisotopic (exact) mass is 485 g/mol. The maximum atomic E-state index is 13.6. The van der Waals surface area contributed by atoms with Gasteiger partial charge >= 0.3 is 0 Å². The average Bonchev–Trinajstić information content (AvgIpc) is 3.30. The summed E-state index contributed by atoms with van der Waals surface area (Å²) in [7, 11) is 0. The van der Waals surface area contributed by atoms with Crippen LogP contribution in [0.4, 0.5) is 5.69 Å². The van der Waals surface area contributed by atoms with Crippen LogP contribution in [0.2, 0.25) is 0 Å². The lowest BCUT2D eigenvalue weighted by atomic mass is 10.0. The summed E-state index contributed by atoms with van der Waals surface area (Å²) in [5, 5.41) is 12.0. The number of para-hydroxylation sites is 2. The highest BCUT2D eigenvalue weighted by molar-refractivity contribution is 8.00. The van der Waals surface area contributed by atoms with Gasteiger partial charge in [0.2, 0.25) is 11.1 Å². The lowest BCUT2D eigenvalue weighted by molar-refractivity contribution is -0.116. The van der Waals surface area contributed by atoms with Crippen LogP contribution in [0.1, 0.15) is 35.5 Å². The van der Waals surface area contributed by atoms with Crippen LogP contribution < -0.4 is 15.5 Å². The molecule has 0 bridgehead atoms. The van der Waals surface area contributed by atoms with Crippen LogP contribution in [0.25, 0.3) is 0 Å². The fourth-order valence-electron chi connectivity index (χ4n) is 4.04. The van der Waals surface area contributed by atoms with E-state index in [2.05, 4.69) is 59.1 Å². The number of anilines is 1. The van der Waals surface area contributed by atoms with Crippen molar-refractivity contribution in [3.63, 3.8) is 0 Å². The third-order valence-corrected chi connectivity index (χ3v) is 7.18. The van der Waals surface area contributed by atoms with Crippen LogP contribution >= 0.6 is 11.8 Å². The Morgan fingerprint density at radius 2 is 1.77 bits per heavy atom. The van der Waals surface area contributed by atoms with Crippen molar-refractivity contribution >= 4 is 23.4 Å². The van der Waals surface area contributed by atoms with Crippen molar-refractivity contribution < 1.29 is 9.53 Å². The maximum Gasteiger partial charge on any atom is 0.240 e. The van der Waals surface area contributed by atoms with Gasteiger partial charge in [-0.05, 0) is 42.7 Å². The average molecular weight is 486 g/mol. The maximum absolute atomic E-state index is 13.6. The molecule has 0 spiro atoms. The topological polar surface area (TPSA) is 81.1 Å². The standard InChI is InChI=1S/C27H27N5O2S/c1-3-19-9-7-8-12-22(19)28-26(33)25-24(20-15-13-18(2)14-16-20)31-32-23(29-30-27(32)35-25)17-34-21-10-5-4-6-11-21/h4-16,24-25,31H,3,17H2,1-2H3,(H,28,33)/t24-,25+/m0/s1. The van der Waals surface area contributed by atoms with Gasteiger partial charge in [0, 0.05) is 5.69 Å². The molecule has 0 aliphatic carbocycles. The Balaban J connectivity index is 1.43. The lowest BCUT2D eigenvalue weighted by Crippen LogP contribution is -2.41. The van der Waals surface area contributed by atoms with Gasteiger partial charge in [-0.1, -0.05) is 84.9 Å². The van der Waals surface area contributed by atoms with E-state index in [1.54, 1.807) is 0 Å². The molecule has 5 rings (SSSR count). The number of ether oxygens (including phenoxy) is 1. The molecule has 1 amide bonds. The molecule has 0 radical (unpaired) electrons. The van der Waals surface area contributed by atoms with Crippen molar-refractivity contribution in [2.75, 3.05) is 10.7 Å². The molecule has 0 saturated carbocycles. The molecular formula is C27H27N5O2S. The summed E-state index contributed by atoms with van der Waals surface area (Å²) in [4.78, 5) is 13.6. The van der Waals surface area contributed by atoms with Crippen molar-refractivity contribution in [2.45, 2.75) is 43.3 Å². The number of nitrogens with one attached hydrogen (secondary N) is 2. The van der Waals surface area contributed by atoms with Gasteiger partial charge in [-0.2, -0.15) is 0 Å². The molecule has 2 atom stereocenters. The second-order valence-corrected chi connectivity index (χ2v) is 9.50. The number of amides is 1. The van der Waals surface area contributed by atoms with Gasteiger partial charge in [0.15, 0.2) is 5.82 Å². The number of carbonyl (C=O) groups excluding carboxylic acids is 1. The number of thioether (sulfide) groups is 1. The Hall–Kier alpha value is -3.78. The zero-order valence-corrected chi connectivity index (χ0v) is 20.5. The summed E-state index contributed by atoms with van der Waals surface area (Å²) >= 11 is 1.41. The first-order valence-electron chi connectivity index (χ1n) is 11.6. The summed E-state index contributed by atoms with van der Waals surface area (Å²) in [6.07, 6.45) is 0.840. The third-order valence-electron chi connectivity index (χ3n) is 5.97. The highest BCUT2D eigenvalue weighted by Crippen LogP contribution is 2.38. The van der Waals surface area contributed by atoms with E-state index < -0.39 is 5.25 Å². The Morgan fingerprint density at radius 3 is 2.54 bits per heavy atom. The second-order valence-electron chi connectivity index (χ2n) is 8.39. The molecule has 2 N–H and O–H groups in total. The molecule has 3 aromatic carbocycles. The van der Waals surface area contributed by atoms with E-state index in [1.807, 2.05) is 59.3 Å². The molecule has 178 valence electrons. The molecule has 1 aliphatic rings. The number of rotatable bonds is 7. The number of benzene rings is 3. The molecule has 2 heterocycles. The molecule has 4 aromatic rings. The summed E-state index contributed by atoms with van der Waals surface area (Å²) in [5.41, 5.74) is 7.61. The highest BCUT2D eigenvalue weighted by Gasteiger charge is 2.38. The Kier molecular flexibility index (Phi) is 6.72. The van der Waals surface area contributed by atoms with E-state index in [0.717, 1.165) is 34.5 Å². The van der Waals surface area contributed by atoms with Crippen molar-refractivity contribution in [2.24, 2.45) is 0 Å². The number of fused-ring (bicyclic) bond motifs is 1. The van der Waals surface area contributed by atoms with Gasteiger partial charge in [-0.25, -0.2) is 4.68 Å². The van der Waals surface area contributed by atoms with E-state index in [9.17, 15) is 4.79 Å². The molecule has 0 saturated heterocycles. The Labute approximate surface area is 208 Å². The summed E-state index contributed by atoms with van der Waals surface area (Å²) < 4.78 is 7.74. The van der Waals surface area contributed by atoms with E-state index in [0.29, 0.717) is 11.0 Å². The first-order valence-corrected chi connectivity index (χ1v) is 12.5. The molecular weight excluding hydrogens is 458 g/mol. The SMILES string of the molecule is CCc1ccccc1NC(=O)[C@@H]1Sc2nnc(COc3ccccc3)n2N[C@H]1c1ccc(C)cc1. The van der Waals surface area contributed by atoms with Crippen LogP contribution in [-0.2, 0) is 17.8 Å². The van der Waals surface area contributed by atoms with Crippen molar-refractivity contribution in [1.82, 2.24) is 14.9 Å². The van der Waals surface area contributed by atoms with Crippen molar-refractivity contribution in [1.29, 1.82) is 0 Å². The minimum absolute atomic E-state index is 0.0784. The van der Waals surface area contributed by atoms with Crippen LogP contribution in [0.3, 0.4) is 0 Å². The highest BCUT2D eigenvalue weighted by atomic mass is 32.2. The van der Waals surface area contributed by atoms with Crippen LogP contribution in [-0.4, -0.2) is 26.0 Å². The summed E-state index contributed by atoms with van der Waals surface area (Å²) in [6.45, 7) is 4.39. The Bertz CT molecular complexity index is 1310. The first-order chi connectivity index (χ1) is 17.1. The Morgan fingerprint density at radius 1 is 1.03 bits per heavy atom.